The number of hydrogen-bond acceptors (Lipinski definition) is 4. The summed E-state index contributed by atoms with van der Waals surface area (Å²) in [5, 5.41) is 0. The number of phosphoric ester groups is 1. The second-order valence-electron chi connectivity index (χ2n) is 2.69. The van der Waals surface area contributed by atoms with Gasteiger partial charge in [-0.05, 0) is 12.8 Å². The van der Waals surface area contributed by atoms with Crippen LogP contribution in [0.4, 0.5) is 0 Å². The highest BCUT2D eigenvalue weighted by molar-refractivity contribution is 7.48. The summed E-state index contributed by atoms with van der Waals surface area (Å²) in [5.41, 5.74) is 0. The first-order valence-corrected chi connectivity index (χ1v) is 6.72. The second kappa shape index (κ2) is 7.53. The van der Waals surface area contributed by atoms with Gasteiger partial charge in [0, 0.05) is 7.11 Å². The summed E-state index contributed by atoms with van der Waals surface area (Å²) in [5.74, 6) is 0. The lowest BCUT2D eigenvalue weighted by molar-refractivity contribution is 0.109. The molecule has 0 bridgehead atoms. The predicted molar refractivity (Wildman–Crippen MR) is 60.9 cm³/mol. The molecule has 15 heavy (non-hydrogen) atoms. The first-order valence-electron chi connectivity index (χ1n) is 4.51. The Morgan fingerprint density at radius 1 is 1.40 bits per heavy atom. The van der Waals surface area contributed by atoms with Crippen LogP contribution in [0.2, 0.25) is 0 Å². The minimum absolute atomic E-state index is 0.152. The molecule has 0 aromatic rings. The summed E-state index contributed by atoms with van der Waals surface area (Å²) < 4.78 is 26.3. The SMILES string of the molecule is CCC(CC)OP(=O)(OC)OC=C(Cl)Cl. The average molecular weight is 277 g/mol. The van der Waals surface area contributed by atoms with Gasteiger partial charge in [-0.25, -0.2) is 4.57 Å². The molecular weight excluding hydrogens is 262 g/mol. The fraction of sp³-hybridized carbons (Fsp3) is 0.750. The molecule has 0 rings (SSSR count). The van der Waals surface area contributed by atoms with Crippen LogP contribution in [0.5, 0.6) is 0 Å². The Morgan fingerprint density at radius 3 is 2.27 bits per heavy atom. The largest absolute Gasteiger partial charge is 0.529 e. The fourth-order valence-corrected chi connectivity index (χ4v) is 2.17. The number of hydrogen-bond donors (Lipinski definition) is 0. The molecule has 0 radical (unpaired) electrons. The lowest BCUT2D eigenvalue weighted by Gasteiger charge is -2.19. The Kier molecular flexibility index (Phi) is 7.66. The van der Waals surface area contributed by atoms with E-state index in [9.17, 15) is 4.57 Å². The third kappa shape index (κ3) is 6.44. The van der Waals surface area contributed by atoms with E-state index in [2.05, 4.69) is 4.52 Å². The number of rotatable bonds is 7. The van der Waals surface area contributed by atoms with Crippen LogP contribution < -0.4 is 0 Å². The van der Waals surface area contributed by atoms with Crippen molar-refractivity contribution in [2.75, 3.05) is 7.11 Å². The third-order valence-corrected chi connectivity index (χ3v) is 3.23. The summed E-state index contributed by atoms with van der Waals surface area (Å²) in [7, 11) is -2.35. The van der Waals surface area contributed by atoms with Gasteiger partial charge in [-0.15, -0.1) is 0 Å². The molecule has 4 nitrogen and oxygen atoms in total. The van der Waals surface area contributed by atoms with Gasteiger partial charge >= 0.3 is 7.82 Å². The van der Waals surface area contributed by atoms with Crippen LogP contribution in [0.3, 0.4) is 0 Å². The molecule has 1 atom stereocenters. The molecule has 0 fully saturated rings. The van der Waals surface area contributed by atoms with Gasteiger partial charge in [0.25, 0.3) is 0 Å². The van der Waals surface area contributed by atoms with Crippen molar-refractivity contribution >= 4 is 31.0 Å². The van der Waals surface area contributed by atoms with E-state index in [1.54, 1.807) is 0 Å². The maximum atomic E-state index is 11.8. The molecule has 7 heteroatoms. The molecule has 0 amide bonds. The van der Waals surface area contributed by atoms with Gasteiger partial charge < -0.3 is 4.52 Å². The van der Waals surface area contributed by atoms with E-state index in [0.29, 0.717) is 12.8 Å². The van der Waals surface area contributed by atoms with Crippen molar-refractivity contribution in [3.8, 4) is 0 Å². The van der Waals surface area contributed by atoms with Crippen molar-refractivity contribution < 1.29 is 18.1 Å². The zero-order valence-electron chi connectivity index (χ0n) is 8.91. The van der Waals surface area contributed by atoms with E-state index in [0.717, 1.165) is 6.26 Å². The maximum Gasteiger partial charge on any atom is 0.529 e. The van der Waals surface area contributed by atoms with E-state index in [1.807, 2.05) is 13.8 Å². The van der Waals surface area contributed by atoms with Gasteiger partial charge in [0.05, 0.1) is 6.10 Å². The summed E-state index contributed by atoms with van der Waals surface area (Å²) in [6, 6.07) is 0. The molecule has 1 unspecified atom stereocenters. The van der Waals surface area contributed by atoms with Crippen LogP contribution in [0.1, 0.15) is 26.7 Å². The third-order valence-electron chi connectivity index (χ3n) is 1.68. The Hall–Kier alpha value is 0.270. The van der Waals surface area contributed by atoms with Crippen LogP contribution in [-0.2, 0) is 18.1 Å². The number of halogens is 2. The molecule has 0 saturated carbocycles. The quantitative estimate of drug-likeness (QED) is 0.515. The van der Waals surface area contributed by atoms with Crippen molar-refractivity contribution in [3.05, 3.63) is 10.8 Å². The summed E-state index contributed by atoms with van der Waals surface area (Å²) in [6.07, 6.45) is 2.17. The van der Waals surface area contributed by atoms with Gasteiger partial charge in [0.15, 0.2) is 0 Å². The predicted octanol–water partition coefficient (Wildman–Crippen LogP) is 4.24. The lowest BCUT2D eigenvalue weighted by atomic mass is 10.2. The first kappa shape index (κ1) is 15.3. The molecule has 0 heterocycles. The molecule has 0 N–H and O–H groups in total. The van der Waals surface area contributed by atoms with E-state index in [1.165, 1.54) is 7.11 Å². The molecule has 0 aromatic carbocycles. The highest BCUT2D eigenvalue weighted by atomic mass is 35.5. The average Bonchev–Trinajstić information content (AvgIpc) is 2.23. The van der Waals surface area contributed by atoms with Crippen LogP contribution in [0.25, 0.3) is 0 Å². The van der Waals surface area contributed by atoms with Gasteiger partial charge in [0.2, 0.25) is 0 Å². The van der Waals surface area contributed by atoms with Crippen molar-refractivity contribution in [1.29, 1.82) is 0 Å². The van der Waals surface area contributed by atoms with Crippen LogP contribution >= 0.6 is 31.0 Å². The van der Waals surface area contributed by atoms with Gasteiger partial charge in [-0.2, -0.15) is 0 Å². The van der Waals surface area contributed by atoms with Crippen molar-refractivity contribution in [2.45, 2.75) is 32.8 Å². The normalized spacial score (nSPS) is 14.8. The lowest BCUT2D eigenvalue weighted by Crippen LogP contribution is -2.09. The van der Waals surface area contributed by atoms with E-state index in [-0.39, 0.29) is 10.6 Å². The zero-order valence-corrected chi connectivity index (χ0v) is 11.3. The van der Waals surface area contributed by atoms with Crippen molar-refractivity contribution in [2.24, 2.45) is 0 Å². The fourth-order valence-electron chi connectivity index (χ4n) is 0.836. The molecule has 0 spiro atoms. The van der Waals surface area contributed by atoms with Gasteiger partial charge in [0.1, 0.15) is 10.8 Å². The smallest absolute Gasteiger partial charge is 0.409 e. The van der Waals surface area contributed by atoms with E-state index in [4.69, 9.17) is 32.2 Å². The Bertz CT molecular complexity index is 249. The Labute approximate surface area is 100 Å². The standard InChI is InChI=1S/C8H15Cl2O4P/c1-4-7(5-2)14-15(11,12-3)13-6-8(9)10/h6-7H,4-5H2,1-3H3. The van der Waals surface area contributed by atoms with Crippen molar-refractivity contribution in [3.63, 3.8) is 0 Å². The Balaban J connectivity index is 4.43. The first-order chi connectivity index (χ1) is 6.97. The molecular formula is C8H15Cl2O4P. The minimum Gasteiger partial charge on any atom is -0.409 e. The Morgan fingerprint density at radius 2 is 1.93 bits per heavy atom. The molecule has 0 aliphatic rings. The minimum atomic E-state index is -3.59. The molecule has 90 valence electrons. The van der Waals surface area contributed by atoms with Crippen LogP contribution in [0.15, 0.2) is 10.8 Å². The van der Waals surface area contributed by atoms with Crippen LogP contribution in [-0.4, -0.2) is 13.2 Å². The topological polar surface area (TPSA) is 44.8 Å². The summed E-state index contributed by atoms with van der Waals surface area (Å²) in [4.78, 5) is 0. The molecule has 0 aliphatic carbocycles. The summed E-state index contributed by atoms with van der Waals surface area (Å²) in [6.45, 7) is 3.83. The zero-order chi connectivity index (χ0) is 11.9. The molecule has 0 saturated heterocycles. The highest BCUT2D eigenvalue weighted by Gasteiger charge is 2.28. The molecule has 0 aromatic heterocycles. The van der Waals surface area contributed by atoms with E-state index >= 15 is 0 Å². The maximum absolute atomic E-state index is 11.8. The monoisotopic (exact) mass is 276 g/mol. The van der Waals surface area contributed by atoms with Gasteiger partial charge in [-0.3, -0.25) is 9.05 Å². The second-order valence-corrected chi connectivity index (χ2v) is 5.38. The van der Waals surface area contributed by atoms with Gasteiger partial charge in [-0.1, -0.05) is 37.0 Å². The highest BCUT2D eigenvalue weighted by Crippen LogP contribution is 2.51. The number of phosphoric acid groups is 1. The van der Waals surface area contributed by atoms with Crippen molar-refractivity contribution in [1.82, 2.24) is 0 Å². The van der Waals surface area contributed by atoms with E-state index < -0.39 is 7.82 Å². The van der Waals surface area contributed by atoms with Crippen LogP contribution in [0, 0.1) is 0 Å². The summed E-state index contributed by atoms with van der Waals surface area (Å²) >= 11 is 10.6. The molecule has 0 aliphatic heterocycles.